The van der Waals surface area contributed by atoms with Gasteiger partial charge in [-0.3, -0.25) is 4.68 Å². The van der Waals surface area contributed by atoms with E-state index in [1.807, 2.05) is 23.0 Å². The molecule has 0 saturated carbocycles. The van der Waals surface area contributed by atoms with Gasteiger partial charge in [-0.2, -0.15) is 5.10 Å². The smallest absolute Gasteiger partial charge is 0.0683 e. The van der Waals surface area contributed by atoms with Crippen LogP contribution in [0.1, 0.15) is 7.43 Å². The molecule has 0 bridgehead atoms. The van der Waals surface area contributed by atoms with E-state index < -0.39 is 0 Å². The standard InChI is InChI=1S/C10H12N2O.CH4/c1-13-7-6-12-10-5-3-2-4-9(10)8-11-12;/h2-5,8H,6-7H2,1H3;1H4. The van der Waals surface area contributed by atoms with Crippen LogP contribution in [0.25, 0.3) is 10.9 Å². The van der Waals surface area contributed by atoms with Crippen LogP contribution in [0.15, 0.2) is 30.5 Å². The highest BCUT2D eigenvalue weighted by Crippen LogP contribution is 2.11. The van der Waals surface area contributed by atoms with Gasteiger partial charge < -0.3 is 4.74 Å². The van der Waals surface area contributed by atoms with Crippen molar-refractivity contribution < 1.29 is 4.74 Å². The van der Waals surface area contributed by atoms with Gasteiger partial charge >= 0.3 is 0 Å². The summed E-state index contributed by atoms with van der Waals surface area (Å²) in [5.41, 5.74) is 1.17. The molecule has 0 spiro atoms. The van der Waals surface area contributed by atoms with E-state index in [-0.39, 0.29) is 7.43 Å². The first-order valence-electron chi connectivity index (χ1n) is 4.31. The number of rotatable bonds is 3. The molecule has 76 valence electrons. The van der Waals surface area contributed by atoms with Crippen LogP contribution in [0.2, 0.25) is 0 Å². The lowest BCUT2D eigenvalue weighted by molar-refractivity contribution is 0.185. The van der Waals surface area contributed by atoms with Gasteiger partial charge in [0.2, 0.25) is 0 Å². The highest BCUT2D eigenvalue weighted by Gasteiger charge is 1.99. The van der Waals surface area contributed by atoms with Crippen LogP contribution in [0.4, 0.5) is 0 Å². The maximum absolute atomic E-state index is 5.00. The molecule has 3 nitrogen and oxygen atoms in total. The summed E-state index contributed by atoms with van der Waals surface area (Å²) in [5.74, 6) is 0. The van der Waals surface area contributed by atoms with Crippen molar-refractivity contribution in [2.45, 2.75) is 14.0 Å². The minimum Gasteiger partial charge on any atom is -0.383 e. The van der Waals surface area contributed by atoms with Gasteiger partial charge in [0.05, 0.1) is 24.9 Å². The summed E-state index contributed by atoms with van der Waals surface area (Å²) >= 11 is 0. The lowest BCUT2D eigenvalue weighted by atomic mass is 10.3. The number of para-hydroxylation sites is 1. The first-order chi connectivity index (χ1) is 6.42. The molecule has 1 aromatic heterocycles. The first kappa shape index (κ1) is 10.7. The van der Waals surface area contributed by atoms with Crippen molar-refractivity contribution in [2.24, 2.45) is 0 Å². The van der Waals surface area contributed by atoms with Gasteiger partial charge in [-0.1, -0.05) is 25.6 Å². The minimum absolute atomic E-state index is 0. The third-order valence-corrected chi connectivity index (χ3v) is 2.06. The average molecular weight is 192 g/mol. The second-order valence-corrected chi connectivity index (χ2v) is 2.92. The van der Waals surface area contributed by atoms with Crippen molar-refractivity contribution in [2.75, 3.05) is 13.7 Å². The lowest BCUT2D eigenvalue weighted by Crippen LogP contribution is -2.04. The van der Waals surface area contributed by atoms with Crippen molar-refractivity contribution in [3.63, 3.8) is 0 Å². The Bertz CT molecular complexity index is 395. The summed E-state index contributed by atoms with van der Waals surface area (Å²) in [6, 6.07) is 8.17. The third-order valence-electron chi connectivity index (χ3n) is 2.06. The maximum atomic E-state index is 5.00. The predicted molar refractivity (Wildman–Crippen MR) is 58.3 cm³/mol. The number of fused-ring (bicyclic) bond motifs is 1. The molecule has 0 radical (unpaired) electrons. The van der Waals surface area contributed by atoms with E-state index in [2.05, 4.69) is 17.2 Å². The molecule has 0 saturated heterocycles. The quantitative estimate of drug-likeness (QED) is 0.746. The molecule has 1 aromatic carbocycles. The van der Waals surface area contributed by atoms with Gasteiger partial charge in [-0.25, -0.2) is 0 Å². The number of nitrogens with zero attached hydrogens (tertiary/aromatic N) is 2. The Morgan fingerprint density at radius 2 is 2.14 bits per heavy atom. The van der Waals surface area contributed by atoms with E-state index in [4.69, 9.17) is 4.74 Å². The summed E-state index contributed by atoms with van der Waals surface area (Å²) in [6.07, 6.45) is 1.88. The molecule has 3 heteroatoms. The lowest BCUT2D eigenvalue weighted by Gasteiger charge is -2.01. The number of aromatic nitrogens is 2. The Morgan fingerprint density at radius 3 is 2.93 bits per heavy atom. The van der Waals surface area contributed by atoms with Crippen molar-refractivity contribution in [1.29, 1.82) is 0 Å². The summed E-state index contributed by atoms with van der Waals surface area (Å²) < 4.78 is 6.96. The van der Waals surface area contributed by atoms with Crippen LogP contribution in [-0.4, -0.2) is 23.5 Å². The molecule has 0 unspecified atom stereocenters. The monoisotopic (exact) mass is 192 g/mol. The molecule has 0 aliphatic rings. The van der Waals surface area contributed by atoms with Gasteiger partial charge in [0.15, 0.2) is 0 Å². The van der Waals surface area contributed by atoms with Crippen molar-refractivity contribution in [3.05, 3.63) is 30.5 Å². The van der Waals surface area contributed by atoms with Gasteiger partial charge in [0.25, 0.3) is 0 Å². The molecule has 0 N–H and O–H groups in total. The van der Waals surface area contributed by atoms with E-state index in [0.717, 1.165) is 6.54 Å². The molecule has 0 aliphatic carbocycles. The molecule has 0 atom stereocenters. The molecule has 1 heterocycles. The Balaban J connectivity index is 0.000000980. The second-order valence-electron chi connectivity index (χ2n) is 2.92. The van der Waals surface area contributed by atoms with Gasteiger partial charge in [-0.15, -0.1) is 0 Å². The third kappa shape index (κ3) is 1.93. The largest absolute Gasteiger partial charge is 0.383 e. The van der Waals surface area contributed by atoms with Crippen LogP contribution >= 0.6 is 0 Å². The fourth-order valence-electron chi connectivity index (χ4n) is 1.38. The average Bonchev–Trinajstić information content (AvgIpc) is 2.58. The van der Waals surface area contributed by atoms with Crippen LogP contribution < -0.4 is 0 Å². The fraction of sp³-hybridized carbons (Fsp3) is 0.364. The van der Waals surface area contributed by atoms with Gasteiger partial charge in [0.1, 0.15) is 0 Å². The van der Waals surface area contributed by atoms with E-state index in [1.165, 1.54) is 10.9 Å². The predicted octanol–water partition coefficient (Wildman–Crippen LogP) is 2.32. The highest BCUT2D eigenvalue weighted by molar-refractivity contribution is 5.78. The number of benzene rings is 1. The van der Waals surface area contributed by atoms with Crippen LogP contribution in [0, 0.1) is 0 Å². The maximum Gasteiger partial charge on any atom is 0.0683 e. The SMILES string of the molecule is C.COCCn1ncc2ccccc21. The van der Waals surface area contributed by atoms with E-state index in [0.29, 0.717) is 6.61 Å². The topological polar surface area (TPSA) is 27.1 Å². The Kier molecular flexibility index (Phi) is 3.65. The van der Waals surface area contributed by atoms with E-state index in [9.17, 15) is 0 Å². The normalized spacial score (nSPS) is 10.1. The molecular weight excluding hydrogens is 176 g/mol. The number of hydrogen-bond acceptors (Lipinski definition) is 2. The second kappa shape index (κ2) is 4.77. The first-order valence-corrected chi connectivity index (χ1v) is 4.31. The van der Waals surface area contributed by atoms with Crippen LogP contribution in [0.3, 0.4) is 0 Å². The Labute approximate surface area is 84.3 Å². The summed E-state index contributed by atoms with van der Waals surface area (Å²) in [4.78, 5) is 0. The fourth-order valence-corrected chi connectivity index (χ4v) is 1.38. The Morgan fingerprint density at radius 1 is 1.36 bits per heavy atom. The Hall–Kier alpha value is -1.35. The van der Waals surface area contributed by atoms with Crippen molar-refractivity contribution in [1.82, 2.24) is 9.78 Å². The van der Waals surface area contributed by atoms with E-state index >= 15 is 0 Å². The van der Waals surface area contributed by atoms with Crippen LogP contribution in [0.5, 0.6) is 0 Å². The molecule has 2 aromatic rings. The number of hydrogen-bond donors (Lipinski definition) is 0. The summed E-state index contributed by atoms with van der Waals surface area (Å²) in [7, 11) is 1.70. The zero-order chi connectivity index (χ0) is 9.10. The molecule has 0 amide bonds. The number of methoxy groups -OCH3 is 1. The summed E-state index contributed by atoms with van der Waals surface area (Å²) in [6.45, 7) is 1.51. The highest BCUT2D eigenvalue weighted by atomic mass is 16.5. The molecule has 0 fully saturated rings. The molecular formula is C11H16N2O. The zero-order valence-electron chi connectivity index (χ0n) is 7.60. The molecule has 14 heavy (non-hydrogen) atoms. The number of ether oxygens (including phenoxy) is 1. The van der Waals surface area contributed by atoms with Gasteiger partial charge in [0, 0.05) is 12.5 Å². The van der Waals surface area contributed by atoms with E-state index in [1.54, 1.807) is 7.11 Å². The van der Waals surface area contributed by atoms with Crippen molar-refractivity contribution in [3.8, 4) is 0 Å². The zero-order valence-corrected chi connectivity index (χ0v) is 7.60. The van der Waals surface area contributed by atoms with Gasteiger partial charge in [-0.05, 0) is 6.07 Å². The summed E-state index contributed by atoms with van der Waals surface area (Å²) in [5, 5.41) is 5.45. The van der Waals surface area contributed by atoms with Crippen LogP contribution in [-0.2, 0) is 11.3 Å². The molecule has 0 aliphatic heterocycles. The molecule has 2 rings (SSSR count). The van der Waals surface area contributed by atoms with Crippen molar-refractivity contribution >= 4 is 10.9 Å². The minimum atomic E-state index is 0.